The normalized spacial score (nSPS) is 13.2. The Bertz CT molecular complexity index is 912. The maximum atomic E-state index is 13.4. The first-order chi connectivity index (χ1) is 13.4. The van der Waals surface area contributed by atoms with E-state index in [4.69, 9.17) is 4.43 Å². The Labute approximate surface area is 179 Å². The van der Waals surface area contributed by atoms with Gasteiger partial charge in [-0.2, -0.15) is 0 Å². The van der Waals surface area contributed by atoms with E-state index in [0.29, 0.717) is 12.8 Å². The molecule has 0 N–H and O–H groups in total. The second-order valence-corrected chi connectivity index (χ2v) is 15.3. The summed E-state index contributed by atoms with van der Waals surface area (Å²) in [6, 6.07) is 9.54. The van der Waals surface area contributed by atoms with Crippen LogP contribution in [0.25, 0.3) is 0 Å². The van der Waals surface area contributed by atoms with Gasteiger partial charge < -0.3 is 9.22 Å². The first-order valence-corrected chi connectivity index (χ1v) is 14.2. The van der Waals surface area contributed by atoms with Gasteiger partial charge in [-0.3, -0.25) is 0 Å². The summed E-state index contributed by atoms with van der Waals surface area (Å²) in [4.78, 5) is 12.8. The van der Waals surface area contributed by atoms with Gasteiger partial charge in [0, 0.05) is 11.3 Å². The molecule has 2 aromatic carbocycles. The van der Waals surface area contributed by atoms with E-state index in [1.54, 1.807) is 0 Å². The van der Waals surface area contributed by atoms with E-state index in [2.05, 4.69) is 33.9 Å². The third kappa shape index (κ3) is 4.89. The van der Waals surface area contributed by atoms with Gasteiger partial charge in [-0.1, -0.05) is 39.0 Å². The van der Waals surface area contributed by atoms with Crippen molar-refractivity contribution >= 4 is 25.4 Å². The van der Waals surface area contributed by atoms with Crippen LogP contribution < -0.4 is 4.43 Å². The third-order valence-electron chi connectivity index (χ3n) is 6.13. The summed E-state index contributed by atoms with van der Waals surface area (Å²) in [5, 5.41) is 0.0642. The Kier molecular flexibility index (Phi) is 7.28. The van der Waals surface area contributed by atoms with Crippen molar-refractivity contribution in [3.05, 3.63) is 52.6 Å². The van der Waals surface area contributed by atoms with E-state index >= 15 is 0 Å². The molecule has 0 radical (unpaired) electrons. The monoisotopic (exact) mass is 430 g/mol. The molecule has 0 aromatic heterocycles. The lowest BCUT2D eigenvalue weighted by Gasteiger charge is -2.38. The minimum Gasteiger partial charge on any atom is -0.543 e. The predicted octanol–water partition coefficient (Wildman–Crippen LogP) is 6.29. The minimum atomic E-state index is -2.07. The van der Waals surface area contributed by atoms with Crippen molar-refractivity contribution in [2.75, 3.05) is 0 Å². The number of carbonyl (C=O) groups excluding carboxylic acids is 1. The van der Waals surface area contributed by atoms with Gasteiger partial charge in [-0.15, -0.1) is 0 Å². The van der Waals surface area contributed by atoms with Crippen molar-refractivity contribution in [3.8, 4) is 5.75 Å². The molecule has 0 aliphatic heterocycles. The van der Waals surface area contributed by atoms with Gasteiger partial charge in [0.2, 0.25) is 0 Å². The molecule has 0 aliphatic rings. The highest BCUT2D eigenvalue weighted by Crippen LogP contribution is 2.43. The Morgan fingerprint density at radius 1 is 1.00 bits per heavy atom. The molecule has 1 atom stereocenters. The summed E-state index contributed by atoms with van der Waals surface area (Å²) in [5.74, 6) is 0.891. The maximum Gasteiger partial charge on any atom is 0.250 e. The second-order valence-electron chi connectivity index (χ2n) is 9.16. The Hall–Kier alpha value is -1.72. The van der Waals surface area contributed by atoms with E-state index < -0.39 is 19.1 Å². The van der Waals surface area contributed by atoms with Crippen LogP contribution in [0.3, 0.4) is 0 Å². The van der Waals surface area contributed by atoms with Crippen LogP contribution in [0.15, 0.2) is 40.1 Å². The number of carbonyl (C=O) groups is 1. The molecule has 3 nitrogen and oxygen atoms in total. The van der Waals surface area contributed by atoms with Crippen LogP contribution >= 0.6 is 0 Å². The zero-order valence-electron chi connectivity index (χ0n) is 19.0. The van der Waals surface area contributed by atoms with Crippen LogP contribution in [0.5, 0.6) is 5.75 Å². The summed E-state index contributed by atoms with van der Waals surface area (Å²) in [6.45, 7) is 17.2. The molecule has 0 heterocycles. The van der Waals surface area contributed by atoms with Crippen molar-refractivity contribution in [1.82, 2.24) is 0 Å². The first kappa shape index (κ1) is 23.6. The van der Waals surface area contributed by atoms with E-state index in [-0.39, 0.29) is 5.04 Å². The van der Waals surface area contributed by atoms with Gasteiger partial charge in [-0.25, -0.2) is 4.21 Å². The first-order valence-electron chi connectivity index (χ1n) is 10.1. The van der Waals surface area contributed by atoms with E-state index in [1.807, 2.05) is 51.1 Å². The highest BCUT2D eigenvalue weighted by molar-refractivity contribution is 7.85. The molecule has 29 heavy (non-hydrogen) atoms. The number of hydrogen-bond donors (Lipinski definition) is 0. The molecule has 0 fully saturated rings. The molecule has 0 saturated heterocycles. The standard InChI is InChI=1S/C24H34O3SSi/c1-17-18(2)23(28(26)20-13-10-9-11-14-20)19(3)21(15-12-16-25)22(17)27-29(7,8)24(4,5)6/h9-11,13-14,16H,12,15H2,1-8H3. The molecule has 2 aromatic rings. The van der Waals surface area contributed by atoms with Gasteiger partial charge in [-0.05, 0) is 79.7 Å². The quantitative estimate of drug-likeness (QED) is 0.383. The van der Waals surface area contributed by atoms with Crippen molar-refractivity contribution in [1.29, 1.82) is 0 Å². The molecule has 0 amide bonds. The lowest BCUT2D eigenvalue weighted by atomic mass is 9.96. The molecule has 5 heteroatoms. The molecule has 0 saturated carbocycles. The average molecular weight is 431 g/mol. The van der Waals surface area contributed by atoms with Gasteiger partial charge in [0.25, 0.3) is 8.32 Å². The lowest BCUT2D eigenvalue weighted by molar-refractivity contribution is -0.107. The smallest absolute Gasteiger partial charge is 0.250 e. The van der Waals surface area contributed by atoms with Crippen molar-refractivity contribution in [2.45, 2.75) is 82.3 Å². The van der Waals surface area contributed by atoms with Crippen LogP contribution in [0, 0.1) is 20.8 Å². The topological polar surface area (TPSA) is 43.4 Å². The zero-order chi connectivity index (χ0) is 22.0. The van der Waals surface area contributed by atoms with Gasteiger partial charge >= 0.3 is 0 Å². The molecule has 1 unspecified atom stereocenters. The average Bonchev–Trinajstić information content (AvgIpc) is 2.65. The molecule has 2 rings (SSSR count). The predicted molar refractivity (Wildman–Crippen MR) is 124 cm³/mol. The van der Waals surface area contributed by atoms with Crippen LogP contribution in [0.4, 0.5) is 0 Å². The van der Waals surface area contributed by atoms with E-state index in [9.17, 15) is 9.00 Å². The van der Waals surface area contributed by atoms with Gasteiger partial charge in [0.15, 0.2) is 0 Å². The molecular weight excluding hydrogens is 396 g/mol. The highest BCUT2D eigenvalue weighted by Gasteiger charge is 2.40. The van der Waals surface area contributed by atoms with Crippen LogP contribution in [-0.4, -0.2) is 18.8 Å². The summed E-state index contributed by atoms with van der Waals surface area (Å²) in [6.07, 6.45) is 1.96. The largest absolute Gasteiger partial charge is 0.543 e. The van der Waals surface area contributed by atoms with Gasteiger partial charge in [0.05, 0.1) is 15.7 Å². The Morgan fingerprint density at radius 3 is 2.10 bits per heavy atom. The molecule has 0 aliphatic carbocycles. The Balaban J connectivity index is 2.70. The lowest BCUT2D eigenvalue weighted by Crippen LogP contribution is -2.44. The summed E-state index contributed by atoms with van der Waals surface area (Å²) in [5.41, 5.74) is 4.03. The summed E-state index contributed by atoms with van der Waals surface area (Å²) >= 11 is 0. The molecule has 0 bridgehead atoms. The summed E-state index contributed by atoms with van der Waals surface area (Å²) < 4.78 is 20.2. The maximum absolute atomic E-state index is 13.4. The van der Waals surface area contributed by atoms with Crippen molar-refractivity contribution < 1.29 is 13.4 Å². The number of aldehydes is 1. The number of rotatable bonds is 7. The zero-order valence-corrected chi connectivity index (χ0v) is 20.8. The number of benzene rings is 2. The minimum absolute atomic E-state index is 0.0642. The molecule has 0 spiro atoms. The highest BCUT2D eigenvalue weighted by atomic mass is 32.2. The van der Waals surface area contributed by atoms with E-state index in [1.165, 1.54) is 0 Å². The fraction of sp³-hybridized carbons (Fsp3) is 0.458. The molecular formula is C24H34O3SSi. The fourth-order valence-corrected chi connectivity index (χ4v) is 5.71. The van der Waals surface area contributed by atoms with Gasteiger partial charge in [0.1, 0.15) is 12.0 Å². The SMILES string of the molecule is Cc1c(C)c(S(=O)c2ccccc2)c(C)c(CCC=O)c1O[Si](C)(C)C(C)(C)C. The van der Waals surface area contributed by atoms with Crippen LogP contribution in [0.1, 0.15) is 49.4 Å². The van der Waals surface area contributed by atoms with Crippen molar-refractivity contribution in [2.24, 2.45) is 0 Å². The van der Waals surface area contributed by atoms with E-state index in [0.717, 1.165) is 44.1 Å². The fourth-order valence-electron chi connectivity index (χ4n) is 3.15. The number of hydrogen-bond acceptors (Lipinski definition) is 3. The van der Waals surface area contributed by atoms with Crippen LogP contribution in [0.2, 0.25) is 18.1 Å². The third-order valence-corrected chi connectivity index (χ3v) is 12.1. The summed E-state index contributed by atoms with van der Waals surface area (Å²) in [7, 11) is -3.34. The van der Waals surface area contributed by atoms with Crippen molar-refractivity contribution in [3.63, 3.8) is 0 Å². The molecule has 158 valence electrons. The second kappa shape index (κ2) is 8.96. The Morgan fingerprint density at radius 2 is 1.59 bits per heavy atom. The van der Waals surface area contributed by atoms with Crippen LogP contribution in [-0.2, 0) is 22.0 Å².